The van der Waals surface area contributed by atoms with E-state index in [9.17, 15) is 18.0 Å². The Bertz CT molecular complexity index is 997. The molecule has 0 saturated carbocycles. The number of rotatable bonds is 5. The molecule has 1 aromatic carbocycles. The summed E-state index contributed by atoms with van der Waals surface area (Å²) in [6.07, 6.45) is -4.05. The Morgan fingerprint density at radius 3 is 2.74 bits per heavy atom. The number of hydrogen-bond donors (Lipinski definition) is 0. The number of esters is 1. The van der Waals surface area contributed by atoms with Crippen molar-refractivity contribution < 1.29 is 22.7 Å². The monoisotopic (exact) mass is 417 g/mol. The first kappa shape index (κ1) is 19.6. The van der Waals surface area contributed by atoms with Crippen LogP contribution in [0.5, 0.6) is 0 Å². The molecule has 0 amide bonds. The van der Waals surface area contributed by atoms with E-state index in [1.807, 2.05) is 0 Å². The van der Waals surface area contributed by atoms with Gasteiger partial charge >= 0.3 is 12.1 Å². The lowest BCUT2D eigenvalue weighted by Gasteiger charge is -2.04. The van der Waals surface area contributed by atoms with Crippen molar-refractivity contribution in [1.29, 1.82) is 0 Å². The summed E-state index contributed by atoms with van der Waals surface area (Å²) in [5, 5.41) is 5.13. The lowest BCUT2D eigenvalue weighted by atomic mass is 10.2. The van der Waals surface area contributed by atoms with Crippen molar-refractivity contribution in [1.82, 2.24) is 14.8 Å². The number of carbonyl (C=O) groups is 1. The number of halogens is 4. The van der Waals surface area contributed by atoms with E-state index in [1.54, 1.807) is 14.0 Å². The zero-order valence-electron chi connectivity index (χ0n) is 14.4. The van der Waals surface area contributed by atoms with E-state index >= 15 is 0 Å². The second-order valence-corrected chi connectivity index (χ2v) is 7.40. The van der Waals surface area contributed by atoms with Crippen LogP contribution < -0.4 is 0 Å². The summed E-state index contributed by atoms with van der Waals surface area (Å²) in [6.45, 7) is 1.79. The van der Waals surface area contributed by atoms with Crippen molar-refractivity contribution in [2.75, 3.05) is 0 Å². The highest BCUT2D eigenvalue weighted by Gasteiger charge is 2.30. The fraction of sp³-hybridized carbons (Fsp3) is 0.353. The molecule has 0 saturated heterocycles. The lowest BCUT2D eigenvalue weighted by Crippen LogP contribution is -2.06. The molecule has 0 aliphatic carbocycles. The molecule has 2 aromatic heterocycles. The van der Waals surface area contributed by atoms with Gasteiger partial charge in [-0.1, -0.05) is 11.6 Å². The van der Waals surface area contributed by atoms with Crippen LogP contribution in [-0.2, 0) is 35.8 Å². The van der Waals surface area contributed by atoms with Crippen molar-refractivity contribution in [3.63, 3.8) is 0 Å². The van der Waals surface area contributed by atoms with Gasteiger partial charge in [0, 0.05) is 19.0 Å². The molecule has 144 valence electrons. The van der Waals surface area contributed by atoms with Crippen LogP contribution in [0.2, 0.25) is 5.15 Å². The van der Waals surface area contributed by atoms with Crippen LogP contribution in [0.25, 0.3) is 10.2 Å². The molecular formula is C17H15ClF3N3O2S. The Kier molecular flexibility index (Phi) is 5.43. The van der Waals surface area contributed by atoms with Gasteiger partial charge < -0.3 is 4.74 Å². The van der Waals surface area contributed by atoms with E-state index < -0.39 is 17.7 Å². The summed E-state index contributed by atoms with van der Waals surface area (Å²) in [6, 6.07) is 3.43. The first-order valence-electron chi connectivity index (χ1n) is 7.95. The van der Waals surface area contributed by atoms with Crippen molar-refractivity contribution in [2.45, 2.75) is 32.5 Å². The fourth-order valence-corrected chi connectivity index (χ4v) is 3.71. The van der Waals surface area contributed by atoms with E-state index in [0.29, 0.717) is 32.5 Å². The molecule has 2 heterocycles. The third-order valence-electron chi connectivity index (χ3n) is 3.95. The topological polar surface area (TPSA) is 57.0 Å². The molecule has 0 N–H and O–H groups in total. The van der Waals surface area contributed by atoms with Gasteiger partial charge in [0.25, 0.3) is 0 Å². The smallest absolute Gasteiger partial charge is 0.416 e. The second kappa shape index (κ2) is 7.47. The Balaban J connectivity index is 1.60. The molecule has 0 radical (unpaired) electrons. The summed E-state index contributed by atoms with van der Waals surface area (Å²) >= 11 is 7.34. The number of benzene rings is 1. The number of hydrogen-bond acceptors (Lipinski definition) is 5. The summed E-state index contributed by atoms with van der Waals surface area (Å²) in [5.74, 6) is -0.440. The van der Waals surface area contributed by atoms with Crippen molar-refractivity contribution in [3.05, 3.63) is 45.2 Å². The quantitative estimate of drug-likeness (QED) is 0.565. The first-order chi connectivity index (χ1) is 12.6. The van der Waals surface area contributed by atoms with Gasteiger partial charge in [0.05, 0.1) is 32.9 Å². The number of fused-ring (bicyclic) bond motifs is 1. The van der Waals surface area contributed by atoms with Crippen LogP contribution in [-0.4, -0.2) is 20.7 Å². The second-order valence-electron chi connectivity index (χ2n) is 5.93. The van der Waals surface area contributed by atoms with E-state index in [4.69, 9.17) is 16.3 Å². The molecule has 3 aromatic rings. The highest BCUT2D eigenvalue weighted by atomic mass is 35.5. The zero-order valence-corrected chi connectivity index (χ0v) is 16.0. The van der Waals surface area contributed by atoms with Crippen LogP contribution in [0.15, 0.2) is 18.2 Å². The minimum atomic E-state index is -4.41. The molecule has 27 heavy (non-hydrogen) atoms. The van der Waals surface area contributed by atoms with Crippen LogP contribution in [0.1, 0.15) is 28.2 Å². The van der Waals surface area contributed by atoms with Gasteiger partial charge in [0.1, 0.15) is 11.8 Å². The predicted octanol–water partition coefficient (Wildman–Crippen LogP) is 4.69. The molecule has 5 nitrogen and oxygen atoms in total. The third-order valence-corrected chi connectivity index (χ3v) is 5.52. The predicted molar refractivity (Wildman–Crippen MR) is 95.7 cm³/mol. The molecule has 0 unspecified atom stereocenters. The molecule has 3 rings (SSSR count). The maximum Gasteiger partial charge on any atom is 0.416 e. The highest BCUT2D eigenvalue weighted by Crippen LogP contribution is 2.33. The van der Waals surface area contributed by atoms with Gasteiger partial charge in [-0.2, -0.15) is 18.3 Å². The van der Waals surface area contributed by atoms with Crippen LogP contribution in [0, 0.1) is 6.92 Å². The maximum atomic E-state index is 12.8. The summed E-state index contributed by atoms with van der Waals surface area (Å²) in [7, 11) is 1.69. The van der Waals surface area contributed by atoms with E-state index in [2.05, 4.69) is 10.1 Å². The molecule has 0 bridgehead atoms. The number of aromatic nitrogens is 3. The van der Waals surface area contributed by atoms with Crippen molar-refractivity contribution >= 4 is 39.1 Å². The Morgan fingerprint density at radius 1 is 1.37 bits per heavy atom. The zero-order chi connectivity index (χ0) is 19.8. The minimum Gasteiger partial charge on any atom is -0.461 e. The van der Waals surface area contributed by atoms with Gasteiger partial charge in [-0.05, 0) is 25.1 Å². The number of ether oxygens (including phenoxy) is 1. The number of carbonyl (C=O) groups excluding carboxylic acids is 1. The molecule has 0 fully saturated rings. The Labute approximate surface area is 161 Å². The largest absolute Gasteiger partial charge is 0.461 e. The molecule has 0 atom stereocenters. The SMILES string of the molecule is Cc1nn(C)c(Cl)c1COC(=O)CCc1nc2cc(C(F)(F)F)ccc2s1. The van der Waals surface area contributed by atoms with Gasteiger partial charge in [0.15, 0.2) is 0 Å². The first-order valence-corrected chi connectivity index (χ1v) is 9.15. The summed E-state index contributed by atoms with van der Waals surface area (Å²) < 4.78 is 45.6. The van der Waals surface area contributed by atoms with Crippen molar-refractivity contribution in [2.24, 2.45) is 7.05 Å². The average molecular weight is 418 g/mol. The van der Waals surface area contributed by atoms with Gasteiger partial charge in [-0.15, -0.1) is 11.3 Å². The van der Waals surface area contributed by atoms with E-state index in [-0.39, 0.29) is 18.5 Å². The molecular weight excluding hydrogens is 403 g/mol. The maximum absolute atomic E-state index is 12.8. The minimum absolute atomic E-state index is 0.0200. The van der Waals surface area contributed by atoms with Gasteiger partial charge in [-0.25, -0.2) is 4.98 Å². The van der Waals surface area contributed by atoms with E-state index in [1.165, 1.54) is 22.1 Å². The Hall–Kier alpha value is -2.13. The molecule has 0 spiro atoms. The number of thiazole rings is 1. The fourth-order valence-electron chi connectivity index (χ4n) is 2.53. The normalized spacial score (nSPS) is 11.9. The highest BCUT2D eigenvalue weighted by molar-refractivity contribution is 7.18. The van der Waals surface area contributed by atoms with Gasteiger partial charge in [-0.3, -0.25) is 9.48 Å². The summed E-state index contributed by atoms with van der Waals surface area (Å²) in [5.41, 5.74) is 0.861. The molecule has 0 aliphatic heterocycles. The average Bonchev–Trinajstić information content (AvgIpc) is 3.10. The van der Waals surface area contributed by atoms with Crippen LogP contribution in [0.4, 0.5) is 13.2 Å². The van der Waals surface area contributed by atoms with Gasteiger partial charge in [0.2, 0.25) is 0 Å². The number of nitrogens with zero attached hydrogens (tertiary/aromatic N) is 3. The number of aryl methyl sites for hydroxylation is 3. The molecule has 0 aliphatic rings. The van der Waals surface area contributed by atoms with Crippen LogP contribution in [0.3, 0.4) is 0 Å². The standard InChI is InChI=1S/C17H15ClF3N3O2S/c1-9-11(16(18)24(2)23-9)8-26-15(25)6-5-14-22-12-7-10(17(19,20)21)3-4-13(12)27-14/h3-4,7H,5-6,8H2,1-2H3. The Morgan fingerprint density at radius 2 is 2.11 bits per heavy atom. The molecule has 10 heteroatoms. The van der Waals surface area contributed by atoms with Crippen molar-refractivity contribution in [3.8, 4) is 0 Å². The lowest BCUT2D eigenvalue weighted by molar-refractivity contribution is -0.145. The third kappa shape index (κ3) is 4.41. The summed E-state index contributed by atoms with van der Waals surface area (Å²) in [4.78, 5) is 16.1. The van der Waals surface area contributed by atoms with Crippen LogP contribution >= 0.6 is 22.9 Å². The number of alkyl halides is 3. The van der Waals surface area contributed by atoms with E-state index in [0.717, 1.165) is 12.1 Å².